The van der Waals surface area contributed by atoms with Crippen LogP contribution in [-0.4, -0.2) is 36.4 Å². The van der Waals surface area contributed by atoms with Crippen molar-refractivity contribution < 1.29 is 18.9 Å². The van der Waals surface area contributed by atoms with Gasteiger partial charge >= 0.3 is 0 Å². The lowest BCUT2D eigenvalue weighted by Gasteiger charge is -2.19. The van der Waals surface area contributed by atoms with Crippen LogP contribution in [0, 0.1) is 6.92 Å². The van der Waals surface area contributed by atoms with Crippen LogP contribution in [0.3, 0.4) is 0 Å². The van der Waals surface area contributed by atoms with Gasteiger partial charge in [-0.05, 0) is 85.3 Å². The van der Waals surface area contributed by atoms with Gasteiger partial charge < -0.3 is 18.9 Å². The molecule has 6 nitrogen and oxygen atoms in total. The molecule has 0 spiro atoms. The van der Waals surface area contributed by atoms with Gasteiger partial charge in [0.2, 0.25) is 0 Å². The second-order valence-corrected chi connectivity index (χ2v) is 17.1. The number of ether oxygens (including phenoxy) is 4. The molecule has 324 valence electrons. The van der Waals surface area contributed by atoms with Crippen LogP contribution in [0.2, 0.25) is 0 Å². The highest BCUT2D eigenvalue weighted by atomic mass is 16.5. The smallest absolute Gasteiger partial charge is 0.161 e. The van der Waals surface area contributed by atoms with Crippen LogP contribution in [0.1, 0.15) is 187 Å². The first kappa shape index (κ1) is 46.3. The summed E-state index contributed by atoms with van der Waals surface area (Å²) in [5, 5.41) is 4.20. The van der Waals surface area contributed by atoms with E-state index in [1.54, 1.807) is 0 Å². The predicted octanol–water partition coefficient (Wildman–Crippen LogP) is 16.4. The molecular weight excluding hydrogens is 729 g/mol. The Morgan fingerprint density at radius 3 is 1.00 bits per heavy atom. The first-order chi connectivity index (χ1) is 29.1. The van der Waals surface area contributed by atoms with Crippen molar-refractivity contribution in [2.75, 3.05) is 26.4 Å². The van der Waals surface area contributed by atoms with Crippen molar-refractivity contribution in [3.8, 4) is 23.0 Å². The van der Waals surface area contributed by atoms with E-state index in [1.165, 1.54) is 134 Å². The standard InChI is InChI=1S/C53H78N2O4/c1-6-10-14-18-22-26-32-56-48-37-42-43-38-49(57-33-27-23-19-15-11-7-2)51(59-35-29-25-21-17-13-9-4)40-45(43)53-52(54-46-31-30-41(5)36-47(46)55-53)44(42)39-50(48)58-34-28-24-20-16-12-8-3/h30-31,36-40H,6-29,32-35H2,1-5H3. The lowest BCUT2D eigenvalue weighted by molar-refractivity contribution is 0.259. The second-order valence-electron chi connectivity index (χ2n) is 17.1. The molecule has 1 aromatic heterocycles. The first-order valence-electron chi connectivity index (χ1n) is 24.2. The summed E-state index contributed by atoms with van der Waals surface area (Å²) in [6.45, 7) is 13.9. The molecule has 0 aliphatic carbocycles. The number of benzene rings is 4. The summed E-state index contributed by atoms with van der Waals surface area (Å²) in [5.41, 5.74) is 4.70. The highest BCUT2D eigenvalue weighted by Crippen LogP contribution is 2.44. The zero-order valence-corrected chi connectivity index (χ0v) is 37.9. The van der Waals surface area contributed by atoms with Gasteiger partial charge in [0.1, 0.15) is 0 Å². The van der Waals surface area contributed by atoms with E-state index in [0.29, 0.717) is 26.4 Å². The van der Waals surface area contributed by atoms with Crippen molar-refractivity contribution in [3.63, 3.8) is 0 Å². The SMILES string of the molecule is CCCCCCCCOc1cc2c3cc(OCCCCCCCC)c(OCCCCCCCC)cc3c3nc4cc(C)ccc4nc3c2cc1OCCCCCCCC. The zero-order valence-electron chi connectivity index (χ0n) is 37.9. The summed E-state index contributed by atoms with van der Waals surface area (Å²) in [6.07, 6.45) is 29.3. The molecule has 0 aliphatic rings. The number of aryl methyl sites for hydroxylation is 1. The van der Waals surface area contributed by atoms with Gasteiger partial charge in [-0.1, -0.05) is 162 Å². The normalized spacial score (nSPS) is 11.7. The summed E-state index contributed by atoms with van der Waals surface area (Å²) in [4.78, 5) is 10.7. The molecule has 5 rings (SSSR count). The van der Waals surface area contributed by atoms with Gasteiger partial charge in [-0.15, -0.1) is 0 Å². The van der Waals surface area contributed by atoms with Crippen molar-refractivity contribution in [2.45, 2.75) is 189 Å². The van der Waals surface area contributed by atoms with Crippen LogP contribution in [0.25, 0.3) is 43.6 Å². The summed E-state index contributed by atoms with van der Waals surface area (Å²) in [7, 11) is 0. The number of unbranched alkanes of at least 4 members (excludes halogenated alkanes) is 20. The van der Waals surface area contributed by atoms with Crippen LogP contribution < -0.4 is 18.9 Å². The van der Waals surface area contributed by atoms with E-state index >= 15 is 0 Å². The minimum Gasteiger partial charge on any atom is -0.490 e. The highest BCUT2D eigenvalue weighted by molar-refractivity contribution is 6.25. The minimum atomic E-state index is 0.667. The van der Waals surface area contributed by atoms with Gasteiger partial charge in [0.25, 0.3) is 0 Å². The van der Waals surface area contributed by atoms with Gasteiger partial charge in [-0.25, -0.2) is 9.97 Å². The molecule has 0 saturated carbocycles. The number of aromatic nitrogens is 2. The third-order valence-corrected chi connectivity index (χ3v) is 11.8. The molecule has 59 heavy (non-hydrogen) atoms. The van der Waals surface area contributed by atoms with Crippen molar-refractivity contribution in [1.29, 1.82) is 0 Å². The monoisotopic (exact) mass is 807 g/mol. The Labute approximate surface area is 357 Å². The summed E-state index contributed by atoms with van der Waals surface area (Å²) in [6, 6.07) is 15.1. The average Bonchev–Trinajstić information content (AvgIpc) is 3.24. The third kappa shape index (κ3) is 14.4. The molecule has 6 heteroatoms. The fraction of sp³-hybridized carbons (Fsp3) is 0.623. The van der Waals surface area contributed by atoms with Gasteiger partial charge in [-0.3, -0.25) is 0 Å². The minimum absolute atomic E-state index is 0.667. The van der Waals surface area contributed by atoms with Crippen LogP contribution in [0.5, 0.6) is 23.0 Å². The quantitative estimate of drug-likeness (QED) is 0.0245. The van der Waals surface area contributed by atoms with E-state index in [9.17, 15) is 0 Å². The second kappa shape index (κ2) is 26.4. The van der Waals surface area contributed by atoms with Crippen molar-refractivity contribution >= 4 is 43.6 Å². The van der Waals surface area contributed by atoms with E-state index in [-0.39, 0.29) is 0 Å². The lowest BCUT2D eigenvalue weighted by Crippen LogP contribution is -2.04. The Morgan fingerprint density at radius 1 is 0.339 bits per heavy atom. The largest absolute Gasteiger partial charge is 0.490 e. The number of nitrogens with zero attached hydrogens (tertiary/aromatic N) is 2. The maximum Gasteiger partial charge on any atom is 0.161 e. The van der Waals surface area contributed by atoms with Crippen molar-refractivity contribution in [3.05, 3.63) is 48.0 Å². The molecule has 0 aliphatic heterocycles. The predicted molar refractivity (Wildman–Crippen MR) is 252 cm³/mol. The summed E-state index contributed by atoms with van der Waals surface area (Å²) in [5.74, 6) is 3.20. The van der Waals surface area contributed by atoms with E-state index in [1.807, 2.05) is 0 Å². The highest BCUT2D eigenvalue weighted by Gasteiger charge is 2.20. The van der Waals surface area contributed by atoms with Gasteiger partial charge in [0, 0.05) is 10.8 Å². The number of fused-ring (bicyclic) bond motifs is 7. The molecule has 0 amide bonds. The average molecular weight is 807 g/mol. The van der Waals surface area contributed by atoms with E-state index in [0.717, 1.165) is 92.3 Å². The van der Waals surface area contributed by atoms with E-state index < -0.39 is 0 Å². The summed E-state index contributed by atoms with van der Waals surface area (Å²) < 4.78 is 26.6. The molecule has 0 fully saturated rings. The molecule has 0 saturated heterocycles. The molecule has 0 N–H and O–H groups in total. The Kier molecular flexibility index (Phi) is 20.7. The molecule has 0 atom stereocenters. The van der Waals surface area contributed by atoms with Crippen LogP contribution >= 0.6 is 0 Å². The van der Waals surface area contributed by atoms with E-state index in [4.69, 9.17) is 28.9 Å². The summed E-state index contributed by atoms with van der Waals surface area (Å²) >= 11 is 0. The van der Waals surface area contributed by atoms with Crippen molar-refractivity contribution in [2.24, 2.45) is 0 Å². The molecular formula is C53H78N2O4. The zero-order chi connectivity index (χ0) is 41.5. The molecule has 0 radical (unpaired) electrons. The fourth-order valence-corrected chi connectivity index (χ4v) is 8.21. The Bertz CT molecular complexity index is 1970. The van der Waals surface area contributed by atoms with Gasteiger partial charge in [-0.2, -0.15) is 0 Å². The van der Waals surface area contributed by atoms with Crippen LogP contribution in [0.4, 0.5) is 0 Å². The Morgan fingerprint density at radius 2 is 0.644 bits per heavy atom. The van der Waals surface area contributed by atoms with Crippen molar-refractivity contribution in [1.82, 2.24) is 9.97 Å². The van der Waals surface area contributed by atoms with Crippen LogP contribution in [0.15, 0.2) is 42.5 Å². The molecule has 0 bridgehead atoms. The maximum atomic E-state index is 6.67. The molecule has 5 aromatic rings. The number of rotatable bonds is 32. The Hall–Kier alpha value is -3.80. The lowest BCUT2D eigenvalue weighted by atomic mass is 9.97. The topological polar surface area (TPSA) is 62.7 Å². The molecule has 4 aromatic carbocycles. The molecule has 1 heterocycles. The fourth-order valence-electron chi connectivity index (χ4n) is 8.21. The number of hydrogen-bond donors (Lipinski definition) is 0. The molecule has 0 unspecified atom stereocenters. The van der Waals surface area contributed by atoms with Gasteiger partial charge in [0.05, 0.1) is 48.5 Å². The van der Waals surface area contributed by atoms with E-state index in [2.05, 4.69) is 77.1 Å². The van der Waals surface area contributed by atoms with Gasteiger partial charge in [0.15, 0.2) is 23.0 Å². The third-order valence-electron chi connectivity index (χ3n) is 11.8. The first-order valence-corrected chi connectivity index (χ1v) is 24.2. The Balaban J connectivity index is 1.57. The maximum absolute atomic E-state index is 6.67. The number of hydrogen-bond acceptors (Lipinski definition) is 6. The van der Waals surface area contributed by atoms with Crippen LogP contribution in [-0.2, 0) is 0 Å².